The molecule has 0 heterocycles. The highest BCUT2D eigenvalue weighted by molar-refractivity contribution is 5.79. The predicted octanol–water partition coefficient (Wildman–Crippen LogP) is 1.54. The normalized spacial score (nSPS) is 14.2. The van der Waals surface area contributed by atoms with Gasteiger partial charge in [-0.2, -0.15) is 0 Å². The van der Waals surface area contributed by atoms with E-state index in [-0.39, 0.29) is 6.54 Å². The van der Waals surface area contributed by atoms with E-state index < -0.39 is 11.5 Å². The Morgan fingerprint density at radius 2 is 2.06 bits per heavy atom. The molecule has 1 aromatic carbocycles. The molecule has 4 heteroatoms. The van der Waals surface area contributed by atoms with Gasteiger partial charge in [-0.05, 0) is 32.4 Å². The Morgan fingerprint density at radius 3 is 2.53 bits per heavy atom. The zero-order chi connectivity index (χ0) is 13.2. The van der Waals surface area contributed by atoms with Crippen molar-refractivity contribution in [1.82, 2.24) is 0 Å². The summed E-state index contributed by atoms with van der Waals surface area (Å²) in [4.78, 5) is 12.9. The SMILES string of the molecule is Cc1ccc(N(C)CC(C)(N)C(=O)O)c(C)c1. The molecule has 1 unspecified atom stereocenters. The summed E-state index contributed by atoms with van der Waals surface area (Å²) >= 11 is 0. The van der Waals surface area contributed by atoms with E-state index in [9.17, 15) is 4.79 Å². The van der Waals surface area contributed by atoms with Crippen molar-refractivity contribution in [3.63, 3.8) is 0 Å². The number of aryl methyl sites for hydroxylation is 2. The van der Waals surface area contributed by atoms with Crippen LogP contribution < -0.4 is 10.6 Å². The number of carboxylic acid groups (broad SMARTS) is 1. The summed E-state index contributed by atoms with van der Waals surface area (Å²) in [6.45, 7) is 5.83. The highest BCUT2D eigenvalue weighted by Crippen LogP contribution is 2.21. The minimum atomic E-state index is -1.24. The first kappa shape index (κ1) is 13.5. The molecule has 0 aliphatic heterocycles. The van der Waals surface area contributed by atoms with Crippen molar-refractivity contribution in [2.75, 3.05) is 18.5 Å². The molecule has 17 heavy (non-hydrogen) atoms. The van der Waals surface area contributed by atoms with Crippen molar-refractivity contribution in [1.29, 1.82) is 0 Å². The minimum Gasteiger partial charge on any atom is -0.480 e. The summed E-state index contributed by atoms with van der Waals surface area (Å²) < 4.78 is 0. The molecular weight excluding hydrogens is 216 g/mol. The molecule has 0 spiro atoms. The summed E-state index contributed by atoms with van der Waals surface area (Å²) in [6.07, 6.45) is 0. The van der Waals surface area contributed by atoms with Crippen LogP contribution in [0.15, 0.2) is 18.2 Å². The third-order valence-corrected chi connectivity index (χ3v) is 2.82. The molecule has 0 radical (unpaired) electrons. The fraction of sp³-hybridized carbons (Fsp3) is 0.462. The molecule has 94 valence electrons. The zero-order valence-corrected chi connectivity index (χ0v) is 10.8. The van der Waals surface area contributed by atoms with Crippen LogP contribution in [0, 0.1) is 13.8 Å². The molecule has 0 aliphatic rings. The number of carbonyl (C=O) groups is 1. The van der Waals surface area contributed by atoms with E-state index in [0.717, 1.165) is 11.3 Å². The molecule has 1 atom stereocenters. The molecular formula is C13H20N2O2. The van der Waals surface area contributed by atoms with Crippen LogP contribution in [0.1, 0.15) is 18.1 Å². The van der Waals surface area contributed by atoms with Gasteiger partial charge < -0.3 is 15.7 Å². The van der Waals surface area contributed by atoms with Crippen LogP contribution >= 0.6 is 0 Å². The predicted molar refractivity (Wildman–Crippen MR) is 69.4 cm³/mol. The molecule has 1 aromatic rings. The quantitative estimate of drug-likeness (QED) is 0.832. The number of hydrogen-bond donors (Lipinski definition) is 2. The molecule has 0 aliphatic carbocycles. The topological polar surface area (TPSA) is 66.6 Å². The average Bonchev–Trinajstić information content (AvgIpc) is 2.15. The van der Waals surface area contributed by atoms with E-state index in [1.54, 1.807) is 0 Å². The van der Waals surface area contributed by atoms with E-state index >= 15 is 0 Å². The Morgan fingerprint density at radius 1 is 1.47 bits per heavy atom. The van der Waals surface area contributed by atoms with E-state index in [0.29, 0.717) is 0 Å². The number of hydrogen-bond acceptors (Lipinski definition) is 3. The number of likely N-dealkylation sites (N-methyl/N-ethyl adjacent to an activating group) is 1. The van der Waals surface area contributed by atoms with Gasteiger partial charge in [0.15, 0.2) is 0 Å². The molecule has 3 N–H and O–H groups in total. The number of aliphatic carboxylic acids is 1. The second kappa shape index (κ2) is 4.75. The Kier molecular flexibility index (Phi) is 3.78. The lowest BCUT2D eigenvalue weighted by Gasteiger charge is -2.29. The Labute approximate surface area is 102 Å². The highest BCUT2D eigenvalue weighted by atomic mass is 16.4. The molecule has 0 fully saturated rings. The van der Waals surface area contributed by atoms with Gasteiger partial charge in [0.25, 0.3) is 0 Å². The smallest absolute Gasteiger partial charge is 0.325 e. The fourth-order valence-electron chi connectivity index (χ4n) is 1.88. The van der Waals surface area contributed by atoms with E-state index in [2.05, 4.69) is 6.07 Å². The van der Waals surface area contributed by atoms with Gasteiger partial charge in [0, 0.05) is 19.3 Å². The average molecular weight is 236 g/mol. The number of benzene rings is 1. The number of nitrogens with zero attached hydrogens (tertiary/aromatic N) is 1. The Balaban J connectivity index is 2.90. The van der Waals surface area contributed by atoms with Gasteiger partial charge in [-0.15, -0.1) is 0 Å². The monoisotopic (exact) mass is 236 g/mol. The van der Waals surface area contributed by atoms with E-state index in [4.69, 9.17) is 10.8 Å². The number of nitrogens with two attached hydrogens (primary N) is 1. The fourth-order valence-corrected chi connectivity index (χ4v) is 1.88. The summed E-state index contributed by atoms with van der Waals surface area (Å²) in [5, 5.41) is 9.00. The van der Waals surface area contributed by atoms with Gasteiger partial charge in [-0.1, -0.05) is 17.7 Å². The van der Waals surface area contributed by atoms with Crippen LogP contribution in [0.5, 0.6) is 0 Å². The van der Waals surface area contributed by atoms with Gasteiger partial charge in [-0.3, -0.25) is 4.79 Å². The van der Waals surface area contributed by atoms with Crippen LogP contribution in [0.3, 0.4) is 0 Å². The summed E-state index contributed by atoms with van der Waals surface area (Å²) in [7, 11) is 1.85. The molecule has 0 bridgehead atoms. The van der Waals surface area contributed by atoms with Crippen molar-refractivity contribution in [2.45, 2.75) is 26.3 Å². The van der Waals surface area contributed by atoms with Crippen molar-refractivity contribution in [2.24, 2.45) is 5.73 Å². The number of carboxylic acids is 1. The van der Waals surface area contributed by atoms with E-state index in [1.807, 2.05) is 37.9 Å². The van der Waals surface area contributed by atoms with E-state index in [1.165, 1.54) is 12.5 Å². The number of rotatable bonds is 4. The van der Waals surface area contributed by atoms with Gasteiger partial charge in [-0.25, -0.2) is 0 Å². The maximum atomic E-state index is 11.0. The largest absolute Gasteiger partial charge is 0.480 e. The van der Waals surface area contributed by atoms with Crippen LogP contribution in [-0.4, -0.2) is 30.2 Å². The van der Waals surface area contributed by atoms with Gasteiger partial charge in [0.05, 0.1) is 0 Å². The third-order valence-electron chi connectivity index (χ3n) is 2.82. The summed E-state index contributed by atoms with van der Waals surface area (Å²) in [6, 6.07) is 6.07. The first-order valence-electron chi connectivity index (χ1n) is 5.55. The molecule has 0 amide bonds. The van der Waals surface area contributed by atoms with Gasteiger partial charge >= 0.3 is 5.97 Å². The second-order valence-electron chi connectivity index (χ2n) is 4.87. The summed E-state index contributed by atoms with van der Waals surface area (Å²) in [5.41, 5.74) is 7.81. The van der Waals surface area contributed by atoms with Crippen molar-refractivity contribution >= 4 is 11.7 Å². The van der Waals surface area contributed by atoms with Crippen LogP contribution in [0.2, 0.25) is 0 Å². The number of anilines is 1. The van der Waals surface area contributed by atoms with Crippen molar-refractivity contribution in [3.8, 4) is 0 Å². The molecule has 0 aromatic heterocycles. The zero-order valence-electron chi connectivity index (χ0n) is 10.8. The summed E-state index contributed by atoms with van der Waals surface area (Å²) in [5.74, 6) is -0.992. The van der Waals surface area contributed by atoms with Crippen molar-refractivity contribution in [3.05, 3.63) is 29.3 Å². The van der Waals surface area contributed by atoms with Crippen LogP contribution in [0.4, 0.5) is 5.69 Å². The van der Waals surface area contributed by atoms with Gasteiger partial charge in [0.2, 0.25) is 0 Å². The molecule has 0 saturated heterocycles. The highest BCUT2D eigenvalue weighted by Gasteiger charge is 2.29. The third kappa shape index (κ3) is 3.20. The molecule has 0 saturated carbocycles. The van der Waals surface area contributed by atoms with Gasteiger partial charge in [0.1, 0.15) is 5.54 Å². The van der Waals surface area contributed by atoms with Crippen LogP contribution in [-0.2, 0) is 4.79 Å². The van der Waals surface area contributed by atoms with Crippen molar-refractivity contribution < 1.29 is 9.90 Å². The standard InChI is InChI=1S/C13H20N2O2/c1-9-5-6-11(10(2)7-9)15(4)8-13(3,14)12(16)17/h5-7H,8,14H2,1-4H3,(H,16,17). The maximum Gasteiger partial charge on any atom is 0.325 e. The minimum absolute atomic E-state index is 0.270. The Bertz CT molecular complexity index is 427. The lowest BCUT2D eigenvalue weighted by atomic mass is 10.0. The molecule has 1 rings (SSSR count). The Hall–Kier alpha value is -1.55. The second-order valence-corrected chi connectivity index (χ2v) is 4.87. The molecule has 4 nitrogen and oxygen atoms in total. The maximum absolute atomic E-state index is 11.0. The lowest BCUT2D eigenvalue weighted by molar-refractivity contribution is -0.142. The lowest BCUT2D eigenvalue weighted by Crippen LogP contribution is -2.53. The first-order valence-corrected chi connectivity index (χ1v) is 5.55. The first-order chi connectivity index (χ1) is 7.74. The van der Waals surface area contributed by atoms with Crippen LogP contribution in [0.25, 0.3) is 0 Å².